The van der Waals surface area contributed by atoms with Crippen LogP contribution in [-0.4, -0.2) is 115 Å². The van der Waals surface area contributed by atoms with Gasteiger partial charge in [0.05, 0.1) is 42.5 Å². The fourth-order valence-corrected chi connectivity index (χ4v) is 18.6. The molecule has 4 bridgehead atoms. The molecule has 4 aromatic rings. The van der Waals surface area contributed by atoms with Crippen LogP contribution < -0.4 is 0 Å². The summed E-state index contributed by atoms with van der Waals surface area (Å²) in [5.41, 5.74) is 6.12. The number of thiol groups is 1. The molecule has 4 aliphatic rings. The third kappa shape index (κ3) is 23.8. The molecule has 10 nitrogen and oxygen atoms in total. The van der Waals surface area contributed by atoms with Gasteiger partial charge in [0.25, 0.3) is 0 Å². The quantitative estimate of drug-likeness (QED) is 0.00669. The summed E-state index contributed by atoms with van der Waals surface area (Å²) in [6, 6.07) is 41.2. The van der Waals surface area contributed by atoms with Crippen LogP contribution in [0.2, 0.25) is 0 Å². The summed E-state index contributed by atoms with van der Waals surface area (Å²) < 4.78 is 18.3. The molecule has 15 heteroatoms. The molecule has 0 radical (unpaired) electrons. The second-order valence-electron chi connectivity index (χ2n) is 25.1. The van der Waals surface area contributed by atoms with Crippen LogP contribution in [0, 0.1) is 45.8 Å². The van der Waals surface area contributed by atoms with Crippen LogP contribution in [0.3, 0.4) is 0 Å². The lowest BCUT2D eigenvalue weighted by molar-refractivity contribution is -0.135. The molecule has 2 saturated carbocycles. The molecule has 4 aliphatic carbocycles. The Kier molecular flexibility index (Phi) is 42.6. The van der Waals surface area contributed by atoms with Gasteiger partial charge in [-0.3, -0.25) is 9.59 Å². The lowest BCUT2D eigenvalue weighted by Gasteiger charge is -2.41. The number of carbonyl (C=O) groups excluding carboxylic acids is 5. The average molecular weight is 1420 g/mol. The molecule has 97 heavy (non-hydrogen) atoms. The van der Waals surface area contributed by atoms with Gasteiger partial charge < -0.3 is 28.8 Å². The van der Waals surface area contributed by atoms with E-state index in [2.05, 4.69) is 150 Å². The number of aldehydes is 1. The Bertz CT molecular complexity index is 3090. The van der Waals surface area contributed by atoms with Crippen molar-refractivity contribution in [1.29, 1.82) is 0 Å². The van der Waals surface area contributed by atoms with Gasteiger partial charge in [0.1, 0.15) is 13.1 Å². The van der Waals surface area contributed by atoms with Crippen molar-refractivity contribution in [3.63, 3.8) is 0 Å². The Morgan fingerprint density at radius 3 is 1.28 bits per heavy atom. The predicted molar refractivity (Wildman–Crippen MR) is 420 cm³/mol. The normalized spacial score (nSPS) is 22.4. The summed E-state index contributed by atoms with van der Waals surface area (Å²) in [6.45, 7) is 20.4. The van der Waals surface area contributed by atoms with E-state index < -0.39 is 27.6 Å². The number of aliphatic hydroxyl groups excluding tert-OH is 1. The first-order chi connectivity index (χ1) is 47.0. The largest absolute Gasteiger partial charge is 0.466 e. The van der Waals surface area contributed by atoms with Gasteiger partial charge in [-0.2, -0.15) is 36.2 Å². The molecule has 0 aromatic heterocycles. The third-order valence-corrected chi connectivity index (χ3v) is 23.7. The zero-order valence-electron chi connectivity index (χ0n) is 60.3. The molecule has 2 fully saturated rings. The molecule has 4 aromatic carbocycles. The summed E-state index contributed by atoms with van der Waals surface area (Å²) >= 11 is 11.3. The zero-order chi connectivity index (χ0) is 71.5. The molecule has 0 amide bonds. The van der Waals surface area contributed by atoms with Crippen molar-refractivity contribution in [2.75, 3.05) is 70.1 Å². The van der Waals surface area contributed by atoms with E-state index in [-0.39, 0.29) is 46.5 Å². The number of esters is 2. The van der Waals surface area contributed by atoms with E-state index in [0.29, 0.717) is 13.4 Å². The number of Topliss-reactive ketones (excluding diaryl/α,β-unsaturated/α-hetero) is 2. The number of ketones is 2. The topological polar surface area (TPSA) is 143 Å². The highest BCUT2D eigenvalue weighted by atomic mass is 32.2. The number of terminal acetylenes is 1. The number of benzene rings is 4. The molecule has 0 spiro atoms. The van der Waals surface area contributed by atoms with Gasteiger partial charge in [0, 0.05) is 48.0 Å². The lowest BCUT2D eigenvalue weighted by Crippen LogP contribution is -2.38. The summed E-state index contributed by atoms with van der Waals surface area (Å²) in [4.78, 5) is 60.8. The van der Waals surface area contributed by atoms with Gasteiger partial charge in [-0.1, -0.05) is 226 Å². The van der Waals surface area contributed by atoms with E-state index >= 15 is 0 Å². The van der Waals surface area contributed by atoms with Crippen molar-refractivity contribution < 1.29 is 48.0 Å². The highest BCUT2D eigenvalue weighted by Gasteiger charge is 2.73. The minimum atomic E-state index is -0.786. The number of ether oxygens (including phenoxy) is 4. The molecule has 8 unspecified atom stereocenters. The smallest absolute Gasteiger partial charge is 0.383 e. The minimum Gasteiger partial charge on any atom is -0.466 e. The summed E-state index contributed by atoms with van der Waals surface area (Å²) in [7, 11) is 4.25. The second kappa shape index (κ2) is 47.9. The SMILES string of the molecule is C#CC(=O)OC.CCCCCS.CCCCCS/C=C\C(=O)OC.CCCCCS/C=C\COCOC.CCCCCSC1C(C=O)C2(C)C(=O)C1(C)C(c1ccccc1)=C2c1ccccc1.CCCCCSC1C(CO)C2(C)C(=O)C1(C)C(c1ccccc1)=C2c1ccccc1. The number of unbranched alkanes of at least 4 members (excludes halogenated alkanes) is 10. The first-order valence-corrected chi connectivity index (χ1v) is 39.8. The fraction of sp³-hybridized carbons (Fsp3) is 0.524. The van der Waals surface area contributed by atoms with E-state index in [9.17, 15) is 29.1 Å². The van der Waals surface area contributed by atoms with Crippen LogP contribution in [0.25, 0.3) is 22.3 Å². The van der Waals surface area contributed by atoms with Gasteiger partial charge in [-0.05, 0) is 144 Å². The average Bonchev–Trinajstić information content (AvgIpc) is 1.51. The minimum absolute atomic E-state index is 0.0213. The number of thioether (sulfide) groups is 4. The zero-order valence-corrected chi connectivity index (χ0v) is 64.4. The first-order valence-electron chi connectivity index (χ1n) is 34.9. The van der Waals surface area contributed by atoms with Crippen molar-refractivity contribution in [2.24, 2.45) is 33.5 Å². The number of carbonyl (C=O) groups is 5. The number of rotatable bonds is 34. The number of allylic oxidation sites excluding steroid dienone is 4. The Labute approximate surface area is 607 Å². The van der Waals surface area contributed by atoms with Gasteiger partial charge >= 0.3 is 11.9 Å². The number of methoxy groups -OCH3 is 3. The Morgan fingerprint density at radius 2 is 0.918 bits per heavy atom. The van der Waals surface area contributed by atoms with E-state index in [1.165, 1.54) is 115 Å². The van der Waals surface area contributed by atoms with Crippen LogP contribution in [-0.2, 0) is 42.9 Å². The van der Waals surface area contributed by atoms with Crippen LogP contribution in [0.5, 0.6) is 0 Å². The van der Waals surface area contributed by atoms with Crippen molar-refractivity contribution in [3.8, 4) is 12.3 Å². The van der Waals surface area contributed by atoms with Gasteiger partial charge in [0.2, 0.25) is 0 Å². The Balaban J connectivity index is 0.000000338. The van der Waals surface area contributed by atoms with E-state index in [4.69, 9.17) is 9.47 Å². The molecular formula is C82H114O10S5. The van der Waals surface area contributed by atoms with Crippen LogP contribution in [0.15, 0.2) is 144 Å². The number of fused-ring (bicyclic) bond motifs is 4. The van der Waals surface area contributed by atoms with Crippen LogP contribution in [0.4, 0.5) is 0 Å². The monoisotopic (exact) mass is 1420 g/mol. The Hall–Kier alpha value is -5.02. The summed E-state index contributed by atoms with van der Waals surface area (Å²) in [6.07, 6.45) is 27.7. The van der Waals surface area contributed by atoms with Gasteiger partial charge in [-0.25, -0.2) is 9.59 Å². The first kappa shape index (κ1) is 86.2. The Morgan fingerprint density at radius 1 is 0.536 bits per heavy atom. The predicted octanol–water partition coefficient (Wildman–Crippen LogP) is 20.0. The molecule has 1 N–H and O–H groups in total. The molecule has 8 rings (SSSR count). The van der Waals surface area contributed by atoms with Crippen molar-refractivity contribution >= 4 is 112 Å². The van der Waals surface area contributed by atoms with E-state index in [1.807, 2.05) is 109 Å². The number of hydrogen-bond donors (Lipinski definition) is 2. The summed E-state index contributed by atoms with van der Waals surface area (Å²) in [5, 5.41) is 14.5. The van der Waals surface area contributed by atoms with E-state index in [0.717, 1.165) is 81.1 Å². The molecule has 0 heterocycles. The highest BCUT2D eigenvalue weighted by molar-refractivity contribution is 8.02. The molecule has 0 saturated heterocycles. The molecule has 0 aliphatic heterocycles. The molecule has 532 valence electrons. The highest BCUT2D eigenvalue weighted by Crippen LogP contribution is 2.73. The third-order valence-electron chi connectivity index (χ3n) is 18.3. The summed E-state index contributed by atoms with van der Waals surface area (Å²) in [5.74, 6) is 6.34. The number of aliphatic hydroxyl groups is 1. The van der Waals surface area contributed by atoms with Crippen molar-refractivity contribution in [3.05, 3.63) is 167 Å². The van der Waals surface area contributed by atoms with E-state index in [1.54, 1.807) is 30.2 Å². The maximum atomic E-state index is 14.1. The van der Waals surface area contributed by atoms with Crippen molar-refractivity contribution in [1.82, 2.24) is 0 Å². The maximum absolute atomic E-state index is 14.1. The molecular weight excluding hydrogens is 1310 g/mol. The van der Waals surface area contributed by atoms with Crippen molar-refractivity contribution in [2.45, 2.75) is 169 Å². The fourth-order valence-electron chi connectivity index (χ4n) is 13.4. The van der Waals surface area contributed by atoms with Gasteiger partial charge in [-0.15, -0.1) is 29.9 Å². The molecule has 8 atom stereocenters. The number of hydrogen-bond acceptors (Lipinski definition) is 15. The van der Waals surface area contributed by atoms with Gasteiger partial charge in [0.15, 0.2) is 11.6 Å². The standard InChI is InChI=1S/C27H32O2S.C27H30O2S.C10H20O2S.C9H16O2S.C5H12S.C4H4O2/c2*1-4-5-12-17-30-24-21(18-28)26(2)22(19-13-8-6-9-14-19)23(27(24,3)25(26)29)20-15-10-7-11-16-20;1-3-4-5-8-13-9-6-7-12-10-11-2;1-3-4-5-7-12-8-6-9(10)11-2;1-2-3-4-5-6;1-3-4(5)6-2/h6-11,13-16,21,24,28H,4-5,12,17-18H2,1-3H3;6-11,13-16,18,21,24H,4-5,12,17H2,1-3H3;6,9H,3-5,7-8,10H2,1-2H3;6,8H,3-5,7H2,1-2H3;6H,2-5H2,1H3;1H,2H3/b;;9-6-;8-6-;;. The maximum Gasteiger partial charge on any atom is 0.383 e. The second-order valence-corrected chi connectivity index (χ2v) is 30.1. The van der Waals surface area contributed by atoms with Crippen LogP contribution >= 0.6 is 59.7 Å². The van der Waals surface area contributed by atoms with Crippen LogP contribution in [0.1, 0.15) is 181 Å². The lowest BCUT2D eigenvalue weighted by atomic mass is 9.67.